The normalized spacial score (nSPS) is 10.0. The average molecular weight is 350 g/mol. The summed E-state index contributed by atoms with van der Waals surface area (Å²) < 4.78 is 0. The Bertz CT molecular complexity index is 763. The van der Waals surface area contributed by atoms with Crippen molar-refractivity contribution in [2.45, 2.75) is 0 Å². The van der Waals surface area contributed by atoms with E-state index < -0.39 is 5.91 Å². The Morgan fingerprint density at radius 2 is 1.83 bits per heavy atom. The number of hydrogen-bond acceptors (Lipinski definition) is 3. The number of nitrogens with zero attached hydrogens (tertiary/aromatic N) is 1. The highest BCUT2D eigenvalue weighted by molar-refractivity contribution is 6.35. The van der Waals surface area contributed by atoms with E-state index >= 15 is 0 Å². The van der Waals surface area contributed by atoms with Crippen LogP contribution in [-0.4, -0.2) is 23.3 Å². The molecule has 0 aliphatic rings. The second-order valence-electron chi connectivity index (χ2n) is 4.54. The molecule has 2 amide bonds. The number of aromatic nitrogens is 1. The molecule has 5 nitrogen and oxygen atoms in total. The zero-order valence-corrected chi connectivity index (χ0v) is 13.5. The molecule has 1 aromatic heterocycles. The maximum Gasteiger partial charge on any atom is 0.257 e. The van der Waals surface area contributed by atoms with Gasteiger partial charge in [0, 0.05) is 24.0 Å². The molecule has 118 valence electrons. The van der Waals surface area contributed by atoms with E-state index in [0.717, 1.165) is 0 Å². The molecule has 1 heterocycles. The van der Waals surface area contributed by atoms with Crippen LogP contribution in [-0.2, 0) is 0 Å². The summed E-state index contributed by atoms with van der Waals surface area (Å²) in [5.41, 5.74) is 0.884. The van der Waals surface area contributed by atoms with Crippen LogP contribution in [0.2, 0.25) is 10.0 Å². The second kappa shape index (κ2) is 7.76. The molecule has 0 radical (unpaired) electrons. The molecule has 2 aromatic rings. The lowest BCUT2D eigenvalue weighted by atomic mass is 10.2. The Balaban J connectivity index is 2.18. The molecule has 0 fully saturated rings. The standard InChI is InChI=1S/C16H13Cl2N3O2/c1-2-5-20-15(22)10-6-11(9-19-8-10)16(23)21-14-7-12(17)3-4-13(14)18/h2-4,6-9H,1,5H2,(H,20,22)(H,21,23). The van der Waals surface area contributed by atoms with Crippen LogP contribution in [0.25, 0.3) is 0 Å². The number of halogens is 2. The first kappa shape index (κ1) is 17.0. The highest BCUT2D eigenvalue weighted by Crippen LogP contribution is 2.25. The van der Waals surface area contributed by atoms with Crippen molar-refractivity contribution in [2.24, 2.45) is 0 Å². The van der Waals surface area contributed by atoms with Crippen molar-refractivity contribution in [3.05, 3.63) is 70.5 Å². The van der Waals surface area contributed by atoms with Crippen LogP contribution in [0.15, 0.2) is 49.3 Å². The average Bonchev–Trinajstić information content (AvgIpc) is 2.56. The second-order valence-corrected chi connectivity index (χ2v) is 5.38. The van der Waals surface area contributed by atoms with E-state index in [1.807, 2.05) is 0 Å². The highest BCUT2D eigenvalue weighted by atomic mass is 35.5. The first-order chi connectivity index (χ1) is 11.0. The van der Waals surface area contributed by atoms with Gasteiger partial charge in [0.1, 0.15) is 0 Å². The van der Waals surface area contributed by atoms with E-state index in [2.05, 4.69) is 22.2 Å². The molecule has 0 bridgehead atoms. The zero-order valence-electron chi connectivity index (χ0n) is 12.0. The number of rotatable bonds is 5. The maximum atomic E-state index is 12.3. The Morgan fingerprint density at radius 3 is 2.52 bits per heavy atom. The fourth-order valence-electron chi connectivity index (χ4n) is 1.74. The van der Waals surface area contributed by atoms with Crippen LogP contribution in [0.5, 0.6) is 0 Å². The number of carbonyl (C=O) groups is 2. The number of hydrogen-bond donors (Lipinski definition) is 2. The summed E-state index contributed by atoms with van der Waals surface area (Å²) in [5.74, 6) is -0.784. The number of nitrogens with one attached hydrogen (secondary N) is 2. The van der Waals surface area contributed by atoms with E-state index in [4.69, 9.17) is 23.2 Å². The SMILES string of the molecule is C=CCNC(=O)c1cncc(C(=O)Nc2cc(Cl)ccc2Cl)c1. The fourth-order valence-corrected chi connectivity index (χ4v) is 2.08. The molecule has 0 aliphatic carbocycles. The maximum absolute atomic E-state index is 12.3. The van der Waals surface area contributed by atoms with Gasteiger partial charge in [-0.2, -0.15) is 0 Å². The van der Waals surface area contributed by atoms with E-state index in [-0.39, 0.29) is 17.0 Å². The van der Waals surface area contributed by atoms with Crippen molar-refractivity contribution in [1.82, 2.24) is 10.3 Å². The predicted molar refractivity (Wildman–Crippen MR) is 91.2 cm³/mol. The van der Waals surface area contributed by atoms with Crippen molar-refractivity contribution in [3.8, 4) is 0 Å². The van der Waals surface area contributed by atoms with Crippen molar-refractivity contribution < 1.29 is 9.59 Å². The molecule has 2 N–H and O–H groups in total. The Kier molecular flexibility index (Phi) is 5.73. The number of carbonyl (C=O) groups excluding carboxylic acids is 2. The Morgan fingerprint density at radius 1 is 1.13 bits per heavy atom. The molecule has 0 unspecified atom stereocenters. The van der Waals surface area contributed by atoms with Crippen LogP contribution >= 0.6 is 23.2 Å². The smallest absolute Gasteiger partial charge is 0.257 e. The molecule has 0 spiro atoms. The van der Waals surface area contributed by atoms with Gasteiger partial charge in [0.05, 0.1) is 21.8 Å². The zero-order chi connectivity index (χ0) is 16.8. The van der Waals surface area contributed by atoms with E-state index in [1.165, 1.54) is 24.5 Å². The molecule has 0 atom stereocenters. The summed E-state index contributed by atoms with van der Waals surface area (Å²) in [5, 5.41) is 6.05. The van der Waals surface area contributed by atoms with E-state index in [1.54, 1.807) is 18.2 Å². The van der Waals surface area contributed by atoms with Crippen molar-refractivity contribution in [3.63, 3.8) is 0 Å². The van der Waals surface area contributed by atoms with E-state index in [9.17, 15) is 9.59 Å². The molecular weight excluding hydrogens is 337 g/mol. The van der Waals surface area contributed by atoms with Crippen molar-refractivity contribution in [1.29, 1.82) is 0 Å². The molecule has 0 saturated heterocycles. The first-order valence-electron chi connectivity index (χ1n) is 6.62. The lowest BCUT2D eigenvalue weighted by molar-refractivity contribution is 0.0957. The van der Waals surface area contributed by atoms with Gasteiger partial charge in [-0.1, -0.05) is 29.3 Å². The first-order valence-corrected chi connectivity index (χ1v) is 7.37. The topological polar surface area (TPSA) is 71.1 Å². The molecule has 7 heteroatoms. The van der Waals surface area contributed by atoms with E-state index in [0.29, 0.717) is 22.3 Å². The molecule has 1 aromatic carbocycles. The number of pyridine rings is 1. The highest BCUT2D eigenvalue weighted by Gasteiger charge is 2.12. The molecule has 0 aliphatic heterocycles. The summed E-state index contributed by atoms with van der Waals surface area (Å²) in [6, 6.07) is 6.18. The third-order valence-electron chi connectivity index (χ3n) is 2.85. The largest absolute Gasteiger partial charge is 0.349 e. The minimum absolute atomic E-state index is 0.229. The lowest BCUT2D eigenvalue weighted by Crippen LogP contribution is -2.24. The van der Waals surface area contributed by atoms with Crippen LogP contribution in [0.1, 0.15) is 20.7 Å². The monoisotopic (exact) mass is 349 g/mol. The fraction of sp³-hybridized carbons (Fsp3) is 0.0625. The summed E-state index contributed by atoms with van der Waals surface area (Å²) in [6.07, 6.45) is 4.29. The van der Waals surface area contributed by atoms with Crippen LogP contribution in [0, 0.1) is 0 Å². The van der Waals surface area contributed by atoms with Gasteiger partial charge in [-0.3, -0.25) is 14.6 Å². The van der Waals surface area contributed by atoms with Gasteiger partial charge in [0.2, 0.25) is 0 Å². The van der Waals surface area contributed by atoms with Gasteiger partial charge >= 0.3 is 0 Å². The predicted octanol–water partition coefficient (Wildman–Crippen LogP) is 3.56. The molecule has 23 heavy (non-hydrogen) atoms. The Hall–Kier alpha value is -2.37. The lowest BCUT2D eigenvalue weighted by Gasteiger charge is -2.08. The summed E-state index contributed by atoms with van der Waals surface area (Å²) in [7, 11) is 0. The molecular formula is C16H13Cl2N3O2. The van der Waals surface area contributed by atoms with Gasteiger partial charge in [0.25, 0.3) is 11.8 Å². The number of anilines is 1. The van der Waals surface area contributed by atoms with Crippen LogP contribution in [0.3, 0.4) is 0 Å². The van der Waals surface area contributed by atoms with Gasteiger partial charge in [-0.15, -0.1) is 6.58 Å². The van der Waals surface area contributed by atoms with Gasteiger partial charge in [-0.05, 0) is 24.3 Å². The summed E-state index contributed by atoms with van der Waals surface area (Å²) in [6.45, 7) is 3.84. The Labute approximate surface area is 143 Å². The minimum Gasteiger partial charge on any atom is -0.349 e. The van der Waals surface area contributed by atoms with Crippen molar-refractivity contribution in [2.75, 3.05) is 11.9 Å². The minimum atomic E-state index is -0.444. The van der Waals surface area contributed by atoms with Crippen molar-refractivity contribution >= 4 is 40.7 Å². The van der Waals surface area contributed by atoms with Gasteiger partial charge in [-0.25, -0.2) is 0 Å². The number of benzene rings is 1. The van der Waals surface area contributed by atoms with Gasteiger partial charge < -0.3 is 10.6 Å². The summed E-state index contributed by atoms with van der Waals surface area (Å²) >= 11 is 11.9. The molecule has 2 rings (SSSR count). The van der Waals surface area contributed by atoms with Crippen LogP contribution < -0.4 is 10.6 Å². The summed E-state index contributed by atoms with van der Waals surface area (Å²) in [4.78, 5) is 28.0. The quantitative estimate of drug-likeness (QED) is 0.810. The van der Waals surface area contributed by atoms with Crippen LogP contribution in [0.4, 0.5) is 5.69 Å². The third-order valence-corrected chi connectivity index (χ3v) is 3.41. The third kappa shape index (κ3) is 4.55. The molecule has 0 saturated carbocycles. The number of amides is 2. The van der Waals surface area contributed by atoms with Gasteiger partial charge in [0.15, 0.2) is 0 Å².